The first-order valence-corrected chi connectivity index (χ1v) is 7.98. The predicted octanol–water partition coefficient (Wildman–Crippen LogP) is 4.49. The van der Waals surface area contributed by atoms with Crippen molar-refractivity contribution in [2.75, 3.05) is 11.9 Å². The number of benzene rings is 1. The Balaban J connectivity index is 1.82. The van der Waals surface area contributed by atoms with E-state index in [1.807, 2.05) is 0 Å². The molecule has 1 aromatic heterocycles. The summed E-state index contributed by atoms with van der Waals surface area (Å²) in [6.45, 7) is 0.490. The number of hydrogen-bond acceptors (Lipinski definition) is 2. The van der Waals surface area contributed by atoms with Crippen LogP contribution in [0.5, 0.6) is 0 Å². The summed E-state index contributed by atoms with van der Waals surface area (Å²) in [5, 5.41) is 2.75. The summed E-state index contributed by atoms with van der Waals surface area (Å²) < 4.78 is 27.9. The number of rotatable bonds is 2. The molecule has 1 N–H and O–H groups in total. The Morgan fingerprint density at radius 3 is 2.96 bits per heavy atom. The van der Waals surface area contributed by atoms with Gasteiger partial charge in [-0.3, -0.25) is 0 Å². The first-order chi connectivity index (χ1) is 11.1. The Labute approximate surface area is 140 Å². The number of hydrogen-bond donors (Lipinski definition) is 1. The lowest BCUT2D eigenvalue weighted by Gasteiger charge is -2.25. The second kappa shape index (κ2) is 6.62. The molecule has 2 amide bonds. The highest BCUT2D eigenvalue weighted by atomic mass is 79.9. The third-order valence-corrected chi connectivity index (χ3v) is 4.46. The van der Waals surface area contributed by atoms with Crippen LogP contribution in [0.25, 0.3) is 0 Å². The summed E-state index contributed by atoms with van der Waals surface area (Å²) in [6.07, 6.45) is 2.94. The van der Waals surface area contributed by atoms with Crippen LogP contribution >= 0.6 is 15.9 Å². The van der Waals surface area contributed by atoms with Crippen molar-refractivity contribution < 1.29 is 13.6 Å². The second-order valence-electron chi connectivity index (χ2n) is 5.29. The van der Waals surface area contributed by atoms with E-state index >= 15 is 0 Å². The van der Waals surface area contributed by atoms with Gasteiger partial charge in [-0.2, -0.15) is 0 Å². The maximum Gasteiger partial charge on any atom is 0.322 e. The van der Waals surface area contributed by atoms with Gasteiger partial charge in [-0.15, -0.1) is 0 Å². The van der Waals surface area contributed by atoms with E-state index in [1.165, 1.54) is 4.90 Å². The average molecular weight is 382 g/mol. The van der Waals surface area contributed by atoms with Gasteiger partial charge in [0, 0.05) is 18.3 Å². The minimum Gasteiger partial charge on any atom is -0.317 e. The molecule has 1 fully saturated rings. The van der Waals surface area contributed by atoms with E-state index in [0.717, 1.165) is 24.6 Å². The molecule has 4 nitrogen and oxygen atoms in total. The lowest BCUT2D eigenvalue weighted by atomic mass is 10.0. The number of likely N-dealkylation sites (tertiary alicyclic amines) is 1. The highest BCUT2D eigenvalue weighted by Gasteiger charge is 2.32. The number of urea groups is 1. The average Bonchev–Trinajstić information content (AvgIpc) is 3.01. The Kier molecular flexibility index (Phi) is 4.56. The topological polar surface area (TPSA) is 45.2 Å². The predicted molar refractivity (Wildman–Crippen MR) is 86.0 cm³/mol. The molecule has 1 saturated heterocycles. The number of carbonyl (C=O) groups excluding carboxylic acids is 1. The van der Waals surface area contributed by atoms with Crippen molar-refractivity contribution in [2.24, 2.45) is 0 Å². The van der Waals surface area contributed by atoms with E-state index in [1.54, 1.807) is 18.3 Å². The van der Waals surface area contributed by atoms with Crippen molar-refractivity contribution in [1.82, 2.24) is 9.88 Å². The van der Waals surface area contributed by atoms with E-state index < -0.39 is 17.7 Å². The van der Waals surface area contributed by atoms with Crippen LogP contribution in [-0.4, -0.2) is 22.5 Å². The third kappa shape index (κ3) is 3.34. The summed E-state index contributed by atoms with van der Waals surface area (Å²) in [6, 6.07) is 5.91. The van der Waals surface area contributed by atoms with E-state index in [2.05, 4.69) is 26.2 Å². The summed E-state index contributed by atoms with van der Waals surface area (Å²) in [5.41, 5.74) is 0.741. The molecule has 7 heteroatoms. The van der Waals surface area contributed by atoms with Crippen molar-refractivity contribution >= 4 is 27.6 Å². The number of carbonyl (C=O) groups is 1. The van der Waals surface area contributed by atoms with Crippen LogP contribution in [0.3, 0.4) is 0 Å². The minimum atomic E-state index is -0.510. The monoisotopic (exact) mass is 381 g/mol. The summed E-state index contributed by atoms with van der Waals surface area (Å²) in [7, 11) is 0. The second-order valence-corrected chi connectivity index (χ2v) is 6.04. The van der Waals surface area contributed by atoms with Gasteiger partial charge in [0.15, 0.2) is 0 Å². The van der Waals surface area contributed by atoms with E-state index in [-0.39, 0.29) is 11.6 Å². The molecule has 0 radical (unpaired) electrons. The van der Waals surface area contributed by atoms with Gasteiger partial charge in [0.25, 0.3) is 0 Å². The van der Waals surface area contributed by atoms with Gasteiger partial charge < -0.3 is 10.2 Å². The van der Waals surface area contributed by atoms with Crippen LogP contribution in [0.1, 0.15) is 24.4 Å². The lowest BCUT2D eigenvalue weighted by Crippen LogP contribution is -2.35. The molecule has 1 aromatic carbocycles. The number of anilines is 1. The fourth-order valence-electron chi connectivity index (χ4n) is 2.77. The molecule has 1 atom stereocenters. The van der Waals surface area contributed by atoms with E-state index in [9.17, 15) is 13.6 Å². The smallest absolute Gasteiger partial charge is 0.317 e. The standard InChI is InChI=1S/C16H14BrF2N3O/c17-15-13(3-1-7-20-15)21-16(23)22-8-2-4-14(22)11-9-10(18)5-6-12(11)19/h1,3,5-7,9,14H,2,4,8H2,(H,21,23). The van der Waals surface area contributed by atoms with Crippen LogP contribution < -0.4 is 5.32 Å². The fourth-order valence-corrected chi connectivity index (χ4v) is 3.12. The molecule has 2 aromatic rings. The summed E-state index contributed by atoms with van der Waals surface area (Å²) in [5.74, 6) is -1.01. The van der Waals surface area contributed by atoms with Crippen LogP contribution in [0.4, 0.5) is 19.3 Å². The number of nitrogens with one attached hydrogen (secondary N) is 1. The Morgan fingerprint density at radius 1 is 1.35 bits per heavy atom. The Hall–Kier alpha value is -2.02. The van der Waals surface area contributed by atoms with Gasteiger partial charge in [0.05, 0.1) is 11.7 Å². The van der Waals surface area contributed by atoms with E-state index in [0.29, 0.717) is 23.3 Å². The van der Waals surface area contributed by atoms with Crippen LogP contribution in [-0.2, 0) is 0 Å². The van der Waals surface area contributed by atoms with Crippen LogP contribution in [0, 0.1) is 11.6 Å². The summed E-state index contributed by atoms with van der Waals surface area (Å²) >= 11 is 3.26. The zero-order valence-electron chi connectivity index (χ0n) is 12.1. The van der Waals surface area contributed by atoms with Crippen molar-refractivity contribution in [3.8, 4) is 0 Å². The van der Waals surface area contributed by atoms with Gasteiger partial charge in [-0.1, -0.05) is 0 Å². The minimum absolute atomic E-state index is 0.211. The third-order valence-electron chi connectivity index (χ3n) is 3.83. The zero-order chi connectivity index (χ0) is 16.4. The molecular weight excluding hydrogens is 368 g/mol. The number of aromatic nitrogens is 1. The highest BCUT2D eigenvalue weighted by molar-refractivity contribution is 9.10. The van der Waals surface area contributed by atoms with Gasteiger partial charge in [-0.25, -0.2) is 18.6 Å². The number of halogens is 3. The molecule has 0 saturated carbocycles. The Bertz CT molecular complexity index is 741. The fraction of sp³-hybridized carbons (Fsp3) is 0.250. The largest absolute Gasteiger partial charge is 0.322 e. The molecule has 1 aliphatic rings. The summed E-state index contributed by atoms with van der Waals surface area (Å²) in [4.78, 5) is 18.1. The first-order valence-electron chi connectivity index (χ1n) is 7.19. The molecule has 1 aliphatic heterocycles. The van der Waals surface area contributed by atoms with Gasteiger partial charge >= 0.3 is 6.03 Å². The molecule has 3 rings (SSSR count). The molecular formula is C16H14BrF2N3O. The number of amides is 2. The molecule has 120 valence electrons. The van der Waals surface area contributed by atoms with Crippen LogP contribution in [0.2, 0.25) is 0 Å². The van der Waals surface area contributed by atoms with Crippen LogP contribution in [0.15, 0.2) is 41.1 Å². The molecule has 23 heavy (non-hydrogen) atoms. The van der Waals surface area contributed by atoms with Gasteiger partial charge in [0.1, 0.15) is 16.2 Å². The lowest BCUT2D eigenvalue weighted by molar-refractivity contribution is 0.206. The van der Waals surface area contributed by atoms with E-state index in [4.69, 9.17) is 0 Å². The molecule has 1 unspecified atom stereocenters. The maximum atomic E-state index is 14.0. The number of nitrogens with zero attached hydrogens (tertiary/aromatic N) is 2. The molecule has 0 bridgehead atoms. The van der Waals surface area contributed by atoms with Crippen molar-refractivity contribution in [3.05, 3.63) is 58.3 Å². The quantitative estimate of drug-likeness (QED) is 0.778. The van der Waals surface area contributed by atoms with Gasteiger partial charge in [0.2, 0.25) is 0 Å². The normalized spacial score (nSPS) is 17.3. The first kappa shape index (κ1) is 15.9. The van der Waals surface area contributed by atoms with Crippen molar-refractivity contribution in [2.45, 2.75) is 18.9 Å². The zero-order valence-corrected chi connectivity index (χ0v) is 13.7. The van der Waals surface area contributed by atoms with Gasteiger partial charge in [-0.05, 0) is 59.1 Å². The highest BCUT2D eigenvalue weighted by Crippen LogP contribution is 2.34. The maximum absolute atomic E-state index is 14.0. The molecule has 0 spiro atoms. The number of pyridine rings is 1. The Morgan fingerprint density at radius 2 is 2.17 bits per heavy atom. The molecule has 2 heterocycles. The van der Waals surface area contributed by atoms with Crippen molar-refractivity contribution in [1.29, 1.82) is 0 Å². The SMILES string of the molecule is O=C(Nc1cccnc1Br)N1CCCC1c1cc(F)ccc1F. The molecule has 0 aliphatic carbocycles. The van der Waals surface area contributed by atoms with Crippen molar-refractivity contribution in [3.63, 3.8) is 0 Å².